The minimum Gasteiger partial charge on any atom is -0.478 e. The third-order valence-electron chi connectivity index (χ3n) is 5.63. The molecule has 0 bridgehead atoms. The summed E-state index contributed by atoms with van der Waals surface area (Å²) in [6.07, 6.45) is 2.08. The van der Waals surface area contributed by atoms with Crippen molar-refractivity contribution in [3.05, 3.63) is 76.9 Å². The van der Waals surface area contributed by atoms with Gasteiger partial charge in [-0.05, 0) is 67.4 Å². The first-order valence-electron chi connectivity index (χ1n) is 10.2. The highest BCUT2D eigenvalue weighted by molar-refractivity contribution is 6.34. The molecule has 0 unspecified atom stereocenters. The molecule has 0 spiro atoms. The third-order valence-corrected chi connectivity index (χ3v) is 5.94. The molecule has 0 aliphatic carbocycles. The Labute approximate surface area is 189 Å². The minimum atomic E-state index is -1.000. The van der Waals surface area contributed by atoms with Gasteiger partial charge in [-0.1, -0.05) is 23.7 Å². The minimum absolute atomic E-state index is 0.191. The second-order valence-corrected chi connectivity index (χ2v) is 8.06. The van der Waals surface area contributed by atoms with Gasteiger partial charge in [0.1, 0.15) is 5.75 Å². The number of aromatic nitrogens is 3. The van der Waals surface area contributed by atoms with Gasteiger partial charge in [0.05, 0.1) is 21.6 Å². The Bertz CT molecular complexity index is 1500. The van der Waals surface area contributed by atoms with Crippen molar-refractivity contribution in [1.29, 1.82) is 0 Å². The lowest BCUT2D eigenvalue weighted by molar-refractivity contribution is 0.0695. The Kier molecular flexibility index (Phi) is 4.87. The standard InChI is InChI=1S/C25H20ClN3O3/c1-3-29-9-8-16-10-15(5-7-23(16)29)19-12-21-22(13-20(19)26)28-25(27-21)32-17-6-4-14(2)18(11-17)24(30)31/h4-13H,3H2,1-2H3,(H,27,28)(H,30,31). The number of rotatable bonds is 5. The van der Waals surface area contributed by atoms with E-state index in [2.05, 4.69) is 51.9 Å². The lowest BCUT2D eigenvalue weighted by Crippen LogP contribution is -2.00. The maximum atomic E-state index is 11.4. The molecule has 2 N–H and O–H groups in total. The molecule has 2 aromatic heterocycles. The van der Waals surface area contributed by atoms with Crippen LogP contribution in [0.25, 0.3) is 33.1 Å². The molecule has 0 aliphatic heterocycles. The van der Waals surface area contributed by atoms with E-state index in [9.17, 15) is 9.90 Å². The smallest absolute Gasteiger partial charge is 0.336 e. The van der Waals surface area contributed by atoms with Crippen LogP contribution in [0, 0.1) is 6.92 Å². The number of benzene rings is 3. The molecule has 7 heteroatoms. The molecule has 5 aromatic rings. The van der Waals surface area contributed by atoms with Crippen LogP contribution < -0.4 is 4.74 Å². The predicted octanol–water partition coefficient (Wildman–Crippen LogP) is 6.66. The highest BCUT2D eigenvalue weighted by Crippen LogP contribution is 2.34. The molecule has 32 heavy (non-hydrogen) atoms. The zero-order valence-electron chi connectivity index (χ0n) is 17.5. The van der Waals surface area contributed by atoms with Gasteiger partial charge in [-0.2, -0.15) is 4.98 Å². The molecule has 0 radical (unpaired) electrons. The molecule has 0 saturated carbocycles. The van der Waals surface area contributed by atoms with E-state index < -0.39 is 5.97 Å². The Morgan fingerprint density at radius 1 is 1.16 bits per heavy atom. The number of aryl methyl sites for hydroxylation is 2. The number of hydrogen-bond acceptors (Lipinski definition) is 3. The number of nitrogens with zero attached hydrogens (tertiary/aromatic N) is 2. The summed E-state index contributed by atoms with van der Waals surface area (Å²) in [5, 5.41) is 11.1. The fourth-order valence-corrected chi connectivity index (χ4v) is 4.20. The molecular formula is C25H20ClN3O3. The first-order valence-corrected chi connectivity index (χ1v) is 10.6. The number of aromatic carboxylic acids is 1. The number of halogens is 1. The van der Waals surface area contributed by atoms with E-state index in [1.165, 1.54) is 11.6 Å². The number of ether oxygens (including phenoxy) is 1. The first kappa shape index (κ1) is 20.2. The maximum Gasteiger partial charge on any atom is 0.336 e. The number of H-pyrrole nitrogens is 1. The molecule has 3 aromatic carbocycles. The second-order valence-electron chi connectivity index (χ2n) is 7.65. The fourth-order valence-electron chi connectivity index (χ4n) is 3.93. The molecular weight excluding hydrogens is 426 g/mol. The van der Waals surface area contributed by atoms with Crippen molar-refractivity contribution >= 4 is 39.5 Å². The highest BCUT2D eigenvalue weighted by Gasteiger charge is 2.13. The SMILES string of the molecule is CCn1ccc2cc(-c3cc4nc(Oc5ccc(C)c(C(=O)O)c5)[nH]c4cc3Cl)ccc21. The first-order chi connectivity index (χ1) is 15.4. The Hall–Kier alpha value is -3.77. The number of carboxylic acid groups (broad SMARTS) is 1. The van der Waals surface area contributed by atoms with E-state index in [-0.39, 0.29) is 11.6 Å². The average molecular weight is 446 g/mol. The Morgan fingerprint density at radius 2 is 2.00 bits per heavy atom. The second kappa shape index (κ2) is 7.73. The summed E-state index contributed by atoms with van der Waals surface area (Å²) in [6.45, 7) is 4.78. The number of nitrogens with one attached hydrogen (secondary N) is 1. The van der Waals surface area contributed by atoms with Crippen LogP contribution >= 0.6 is 11.6 Å². The van der Waals surface area contributed by atoms with Crippen LogP contribution in [-0.4, -0.2) is 25.6 Å². The number of aromatic amines is 1. The average Bonchev–Trinajstić information content (AvgIpc) is 3.36. The third kappa shape index (κ3) is 3.48. The zero-order valence-corrected chi connectivity index (χ0v) is 18.3. The van der Waals surface area contributed by atoms with Gasteiger partial charge in [0, 0.05) is 29.2 Å². The number of imidazole rings is 1. The van der Waals surface area contributed by atoms with Gasteiger partial charge in [0.2, 0.25) is 0 Å². The topological polar surface area (TPSA) is 80.1 Å². The summed E-state index contributed by atoms with van der Waals surface area (Å²) in [5.74, 6) is -0.607. The normalized spacial score (nSPS) is 11.3. The zero-order chi connectivity index (χ0) is 22.4. The van der Waals surface area contributed by atoms with E-state index in [0.717, 1.165) is 28.6 Å². The highest BCUT2D eigenvalue weighted by atomic mass is 35.5. The van der Waals surface area contributed by atoms with E-state index in [1.807, 2.05) is 12.1 Å². The maximum absolute atomic E-state index is 11.4. The van der Waals surface area contributed by atoms with Crippen LogP contribution in [0.15, 0.2) is 60.8 Å². The fraction of sp³-hybridized carbons (Fsp3) is 0.120. The summed E-state index contributed by atoms with van der Waals surface area (Å²) < 4.78 is 7.99. The summed E-state index contributed by atoms with van der Waals surface area (Å²) >= 11 is 6.60. The molecule has 5 rings (SSSR count). The molecule has 6 nitrogen and oxygen atoms in total. The van der Waals surface area contributed by atoms with Gasteiger partial charge in [-0.15, -0.1) is 0 Å². The molecule has 0 atom stereocenters. The monoisotopic (exact) mass is 445 g/mol. The summed E-state index contributed by atoms with van der Waals surface area (Å²) in [5.41, 5.74) is 5.37. The number of hydrogen-bond donors (Lipinski definition) is 2. The predicted molar refractivity (Wildman–Crippen MR) is 126 cm³/mol. The molecule has 0 fully saturated rings. The number of carbonyl (C=O) groups is 1. The van der Waals surface area contributed by atoms with Crippen molar-refractivity contribution in [3.63, 3.8) is 0 Å². The van der Waals surface area contributed by atoms with Crippen LogP contribution in [-0.2, 0) is 6.54 Å². The molecule has 2 heterocycles. The largest absolute Gasteiger partial charge is 0.478 e. The Balaban J connectivity index is 1.51. The molecule has 160 valence electrons. The quantitative estimate of drug-likeness (QED) is 0.317. The van der Waals surface area contributed by atoms with Crippen LogP contribution in [0.4, 0.5) is 0 Å². The van der Waals surface area contributed by atoms with Gasteiger partial charge in [0.25, 0.3) is 6.01 Å². The van der Waals surface area contributed by atoms with Crippen molar-refractivity contribution < 1.29 is 14.6 Å². The van der Waals surface area contributed by atoms with E-state index in [4.69, 9.17) is 16.3 Å². The van der Waals surface area contributed by atoms with Gasteiger partial charge in [0.15, 0.2) is 0 Å². The van der Waals surface area contributed by atoms with Gasteiger partial charge < -0.3 is 19.4 Å². The van der Waals surface area contributed by atoms with Gasteiger partial charge >= 0.3 is 5.97 Å². The van der Waals surface area contributed by atoms with Crippen LogP contribution in [0.1, 0.15) is 22.8 Å². The van der Waals surface area contributed by atoms with Crippen LogP contribution in [0.5, 0.6) is 11.8 Å². The van der Waals surface area contributed by atoms with Gasteiger partial charge in [-0.25, -0.2) is 4.79 Å². The van der Waals surface area contributed by atoms with Crippen LogP contribution in [0.2, 0.25) is 5.02 Å². The Morgan fingerprint density at radius 3 is 2.78 bits per heavy atom. The van der Waals surface area contributed by atoms with Crippen molar-refractivity contribution in [2.24, 2.45) is 0 Å². The van der Waals surface area contributed by atoms with Crippen molar-refractivity contribution in [2.75, 3.05) is 0 Å². The molecule has 0 aliphatic rings. The molecule has 0 amide bonds. The number of carboxylic acids is 1. The lowest BCUT2D eigenvalue weighted by atomic mass is 10.0. The van der Waals surface area contributed by atoms with E-state index >= 15 is 0 Å². The van der Waals surface area contributed by atoms with E-state index in [0.29, 0.717) is 21.9 Å². The van der Waals surface area contributed by atoms with Crippen molar-refractivity contribution in [1.82, 2.24) is 14.5 Å². The number of fused-ring (bicyclic) bond motifs is 2. The molecule has 0 saturated heterocycles. The lowest BCUT2D eigenvalue weighted by Gasteiger charge is -2.06. The summed E-state index contributed by atoms with van der Waals surface area (Å²) in [7, 11) is 0. The van der Waals surface area contributed by atoms with E-state index in [1.54, 1.807) is 19.1 Å². The summed E-state index contributed by atoms with van der Waals surface area (Å²) in [6, 6.07) is 17.3. The summed E-state index contributed by atoms with van der Waals surface area (Å²) in [4.78, 5) is 19.0. The van der Waals surface area contributed by atoms with Gasteiger partial charge in [-0.3, -0.25) is 0 Å². The van der Waals surface area contributed by atoms with Crippen molar-refractivity contribution in [3.8, 4) is 22.9 Å². The van der Waals surface area contributed by atoms with Crippen LogP contribution in [0.3, 0.4) is 0 Å². The van der Waals surface area contributed by atoms with Crippen molar-refractivity contribution in [2.45, 2.75) is 20.4 Å².